The number of rotatable bonds is 4. The summed E-state index contributed by atoms with van der Waals surface area (Å²) in [4.78, 5) is 21.6. The number of hydrogen-bond acceptors (Lipinski definition) is 4. The summed E-state index contributed by atoms with van der Waals surface area (Å²) in [7, 11) is 0. The summed E-state index contributed by atoms with van der Waals surface area (Å²) in [5, 5.41) is 8.70. The second kappa shape index (κ2) is 5.55. The maximum atomic E-state index is 11.0. The van der Waals surface area contributed by atoms with Gasteiger partial charge in [0, 0.05) is 0 Å². The van der Waals surface area contributed by atoms with Gasteiger partial charge in [-0.05, 0) is 24.6 Å². The fourth-order valence-corrected chi connectivity index (χ4v) is 1.27. The SMILES string of the molecule is CC(OC(=O)CS)c1ccc(C(=O)O)cc1. The maximum absolute atomic E-state index is 11.0. The molecule has 0 radical (unpaired) electrons. The van der Waals surface area contributed by atoms with Crippen LogP contribution in [0.1, 0.15) is 28.9 Å². The first-order chi connectivity index (χ1) is 7.54. The van der Waals surface area contributed by atoms with Crippen molar-refractivity contribution in [2.24, 2.45) is 0 Å². The first-order valence-corrected chi connectivity index (χ1v) is 5.31. The highest BCUT2D eigenvalue weighted by Gasteiger charge is 2.11. The number of carboxylic acids is 1. The molecule has 1 rings (SSSR count). The van der Waals surface area contributed by atoms with Crippen molar-refractivity contribution in [2.45, 2.75) is 13.0 Å². The third-order valence-electron chi connectivity index (χ3n) is 2.06. The zero-order valence-electron chi connectivity index (χ0n) is 8.71. The molecular formula is C11H12O4S. The van der Waals surface area contributed by atoms with Crippen LogP contribution in [-0.2, 0) is 9.53 Å². The Bertz CT molecular complexity index is 385. The molecule has 0 aliphatic carbocycles. The van der Waals surface area contributed by atoms with E-state index in [9.17, 15) is 9.59 Å². The lowest BCUT2D eigenvalue weighted by Crippen LogP contribution is -2.10. The van der Waals surface area contributed by atoms with Crippen molar-refractivity contribution < 1.29 is 19.4 Å². The minimum atomic E-state index is -0.980. The van der Waals surface area contributed by atoms with Gasteiger partial charge in [-0.2, -0.15) is 12.6 Å². The van der Waals surface area contributed by atoms with Crippen molar-refractivity contribution in [2.75, 3.05) is 5.75 Å². The monoisotopic (exact) mass is 240 g/mol. The molecule has 86 valence electrons. The van der Waals surface area contributed by atoms with Crippen molar-refractivity contribution in [1.29, 1.82) is 0 Å². The zero-order valence-corrected chi connectivity index (χ0v) is 9.61. The average molecular weight is 240 g/mol. The van der Waals surface area contributed by atoms with Gasteiger partial charge in [-0.1, -0.05) is 12.1 Å². The van der Waals surface area contributed by atoms with E-state index in [-0.39, 0.29) is 11.3 Å². The minimum absolute atomic E-state index is 0.0253. The molecule has 0 aromatic heterocycles. The predicted molar refractivity (Wildman–Crippen MR) is 61.8 cm³/mol. The number of carbonyl (C=O) groups excluding carboxylic acids is 1. The zero-order chi connectivity index (χ0) is 12.1. The van der Waals surface area contributed by atoms with Gasteiger partial charge in [-0.15, -0.1) is 0 Å². The smallest absolute Gasteiger partial charge is 0.335 e. The van der Waals surface area contributed by atoms with Gasteiger partial charge in [0.05, 0.1) is 11.3 Å². The molecule has 1 N–H and O–H groups in total. The van der Waals surface area contributed by atoms with Crippen molar-refractivity contribution in [3.63, 3.8) is 0 Å². The van der Waals surface area contributed by atoms with E-state index in [1.807, 2.05) is 0 Å². The van der Waals surface area contributed by atoms with Crippen LogP contribution in [0.4, 0.5) is 0 Å². The van der Waals surface area contributed by atoms with E-state index in [1.165, 1.54) is 12.1 Å². The largest absolute Gasteiger partial charge is 0.478 e. The third kappa shape index (κ3) is 3.27. The minimum Gasteiger partial charge on any atom is -0.478 e. The fraction of sp³-hybridized carbons (Fsp3) is 0.273. The third-order valence-corrected chi connectivity index (χ3v) is 2.32. The molecule has 0 saturated carbocycles. The standard InChI is InChI=1S/C11H12O4S/c1-7(15-10(12)6-16)8-2-4-9(5-3-8)11(13)14/h2-5,7,16H,6H2,1H3,(H,13,14). The molecule has 5 heteroatoms. The molecular weight excluding hydrogens is 228 g/mol. The van der Waals surface area contributed by atoms with Gasteiger partial charge in [-0.25, -0.2) is 4.79 Å². The second-order valence-electron chi connectivity index (χ2n) is 3.22. The first kappa shape index (κ1) is 12.6. The lowest BCUT2D eigenvalue weighted by atomic mass is 10.1. The highest BCUT2D eigenvalue weighted by molar-refractivity contribution is 7.81. The molecule has 1 aromatic carbocycles. The molecule has 0 bridgehead atoms. The van der Waals surface area contributed by atoms with Crippen molar-refractivity contribution in [1.82, 2.24) is 0 Å². The highest BCUT2D eigenvalue weighted by Crippen LogP contribution is 2.17. The fourth-order valence-electron chi connectivity index (χ4n) is 1.20. The highest BCUT2D eigenvalue weighted by atomic mass is 32.1. The number of benzene rings is 1. The first-order valence-electron chi connectivity index (χ1n) is 4.68. The summed E-state index contributed by atoms with van der Waals surface area (Å²) < 4.78 is 5.02. The lowest BCUT2D eigenvalue weighted by molar-refractivity contribution is -0.145. The number of thiol groups is 1. The Labute approximate surface area is 98.6 Å². The Morgan fingerprint density at radius 3 is 2.38 bits per heavy atom. The van der Waals surface area contributed by atoms with E-state index >= 15 is 0 Å². The van der Waals surface area contributed by atoms with E-state index in [0.29, 0.717) is 0 Å². The normalized spacial score (nSPS) is 11.9. The van der Waals surface area contributed by atoms with Gasteiger partial charge < -0.3 is 9.84 Å². The van der Waals surface area contributed by atoms with Crippen LogP contribution in [-0.4, -0.2) is 22.8 Å². The van der Waals surface area contributed by atoms with Crippen molar-refractivity contribution in [3.8, 4) is 0 Å². The van der Waals surface area contributed by atoms with Crippen molar-refractivity contribution in [3.05, 3.63) is 35.4 Å². The summed E-state index contributed by atoms with van der Waals surface area (Å²) in [5.74, 6) is -1.36. The van der Waals surface area contributed by atoms with Gasteiger partial charge in [-0.3, -0.25) is 4.79 Å². The van der Waals surface area contributed by atoms with Crippen LogP contribution in [0.15, 0.2) is 24.3 Å². The Morgan fingerprint density at radius 1 is 1.38 bits per heavy atom. The Balaban J connectivity index is 2.73. The number of carbonyl (C=O) groups is 2. The summed E-state index contributed by atoms with van der Waals surface area (Å²) in [6, 6.07) is 6.20. The summed E-state index contributed by atoms with van der Waals surface area (Å²) >= 11 is 3.79. The topological polar surface area (TPSA) is 63.6 Å². The Morgan fingerprint density at radius 2 is 1.94 bits per heavy atom. The van der Waals surface area contributed by atoms with Crippen molar-refractivity contribution >= 4 is 24.6 Å². The molecule has 0 aliphatic heterocycles. The van der Waals surface area contributed by atoms with E-state index in [2.05, 4.69) is 12.6 Å². The van der Waals surface area contributed by atoms with E-state index in [0.717, 1.165) is 5.56 Å². The molecule has 0 amide bonds. The molecule has 0 aliphatic rings. The molecule has 0 fully saturated rings. The van der Waals surface area contributed by atoms with Crippen LogP contribution >= 0.6 is 12.6 Å². The predicted octanol–water partition coefficient (Wildman–Crippen LogP) is 1.92. The van der Waals surface area contributed by atoms with Gasteiger partial charge in [0.1, 0.15) is 6.10 Å². The van der Waals surface area contributed by atoms with Gasteiger partial charge in [0.25, 0.3) is 0 Å². The molecule has 0 saturated heterocycles. The molecule has 0 spiro atoms. The molecule has 1 aromatic rings. The number of aromatic carboxylic acids is 1. The summed E-state index contributed by atoms with van der Waals surface area (Å²) in [5.41, 5.74) is 0.955. The van der Waals surface area contributed by atoms with Crippen LogP contribution in [0.2, 0.25) is 0 Å². The second-order valence-corrected chi connectivity index (χ2v) is 3.53. The van der Waals surface area contributed by atoms with Gasteiger partial charge in [0.2, 0.25) is 0 Å². The molecule has 0 heterocycles. The van der Waals surface area contributed by atoms with E-state index in [1.54, 1.807) is 19.1 Å². The number of esters is 1. The Hall–Kier alpha value is -1.49. The maximum Gasteiger partial charge on any atom is 0.335 e. The van der Waals surface area contributed by atoms with Gasteiger partial charge in [0.15, 0.2) is 0 Å². The lowest BCUT2D eigenvalue weighted by Gasteiger charge is -2.12. The summed E-state index contributed by atoms with van der Waals surface area (Å²) in [6.07, 6.45) is -0.400. The molecule has 16 heavy (non-hydrogen) atoms. The molecule has 1 atom stereocenters. The van der Waals surface area contributed by atoms with Gasteiger partial charge >= 0.3 is 11.9 Å². The Kier molecular flexibility index (Phi) is 4.37. The number of hydrogen-bond donors (Lipinski definition) is 2. The van der Waals surface area contributed by atoms with Crippen LogP contribution in [0.25, 0.3) is 0 Å². The molecule has 1 unspecified atom stereocenters. The number of carboxylic acid groups (broad SMARTS) is 1. The molecule has 4 nitrogen and oxygen atoms in total. The summed E-state index contributed by atoms with van der Waals surface area (Å²) in [6.45, 7) is 1.72. The van der Waals surface area contributed by atoms with Crippen LogP contribution in [0, 0.1) is 0 Å². The van der Waals surface area contributed by atoms with E-state index < -0.39 is 18.0 Å². The van der Waals surface area contributed by atoms with Crippen LogP contribution < -0.4 is 0 Å². The van der Waals surface area contributed by atoms with Crippen LogP contribution in [0.3, 0.4) is 0 Å². The van der Waals surface area contributed by atoms with E-state index in [4.69, 9.17) is 9.84 Å². The quantitative estimate of drug-likeness (QED) is 0.623. The number of ether oxygens (including phenoxy) is 1. The average Bonchev–Trinajstić information content (AvgIpc) is 2.28. The van der Waals surface area contributed by atoms with Crippen LogP contribution in [0.5, 0.6) is 0 Å².